The van der Waals surface area contributed by atoms with Crippen LogP contribution in [0.3, 0.4) is 0 Å². The number of hydrogen-bond donors (Lipinski definition) is 2. The molecule has 6 heteroatoms. The average Bonchev–Trinajstić information content (AvgIpc) is 2.58. The smallest absolute Gasteiger partial charge is 0.191 e. The van der Waals surface area contributed by atoms with E-state index in [9.17, 15) is 0 Å². The SMILES string of the molecule is CCNC(=NCCCOCC)NCCOc1cccc(OC)c1. The van der Waals surface area contributed by atoms with Crippen LogP contribution in [0.15, 0.2) is 29.3 Å². The highest BCUT2D eigenvalue weighted by Crippen LogP contribution is 2.18. The summed E-state index contributed by atoms with van der Waals surface area (Å²) in [6, 6.07) is 7.58. The van der Waals surface area contributed by atoms with E-state index in [-0.39, 0.29) is 0 Å². The summed E-state index contributed by atoms with van der Waals surface area (Å²) in [6.07, 6.45) is 0.921. The largest absolute Gasteiger partial charge is 0.497 e. The first-order chi connectivity index (χ1) is 11.3. The van der Waals surface area contributed by atoms with Crippen molar-refractivity contribution in [2.45, 2.75) is 20.3 Å². The minimum absolute atomic E-state index is 0.552. The zero-order valence-electron chi connectivity index (χ0n) is 14.4. The molecule has 23 heavy (non-hydrogen) atoms. The summed E-state index contributed by atoms with van der Waals surface area (Å²) in [5.74, 6) is 2.39. The molecule has 0 radical (unpaired) electrons. The van der Waals surface area contributed by atoms with Crippen LogP contribution in [0.2, 0.25) is 0 Å². The summed E-state index contributed by atoms with van der Waals surface area (Å²) in [4.78, 5) is 4.50. The summed E-state index contributed by atoms with van der Waals surface area (Å²) < 4.78 is 16.2. The van der Waals surface area contributed by atoms with Gasteiger partial charge in [0.1, 0.15) is 18.1 Å². The number of rotatable bonds is 11. The van der Waals surface area contributed by atoms with Crippen molar-refractivity contribution in [2.75, 3.05) is 46.6 Å². The number of benzene rings is 1. The predicted octanol–water partition coefficient (Wildman–Crippen LogP) is 2.06. The highest BCUT2D eigenvalue weighted by atomic mass is 16.5. The fraction of sp³-hybridized carbons (Fsp3) is 0.588. The van der Waals surface area contributed by atoms with Gasteiger partial charge in [0.25, 0.3) is 0 Å². The minimum atomic E-state index is 0.552. The Morgan fingerprint density at radius 2 is 1.96 bits per heavy atom. The number of ether oxygens (including phenoxy) is 3. The molecule has 130 valence electrons. The summed E-state index contributed by atoms with van der Waals surface area (Å²) in [7, 11) is 1.64. The lowest BCUT2D eigenvalue weighted by Crippen LogP contribution is -2.39. The molecule has 0 fully saturated rings. The van der Waals surface area contributed by atoms with Gasteiger partial charge in [-0.25, -0.2) is 0 Å². The van der Waals surface area contributed by atoms with E-state index >= 15 is 0 Å². The zero-order chi connectivity index (χ0) is 16.8. The molecule has 0 atom stereocenters. The van der Waals surface area contributed by atoms with Gasteiger partial charge in [0.2, 0.25) is 0 Å². The number of aliphatic imine (C=N–C) groups is 1. The second-order valence-electron chi connectivity index (χ2n) is 4.77. The number of hydrogen-bond acceptors (Lipinski definition) is 4. The predicted molar refractivity (Wildman–Crippen MR) is 93.6 cm³/mol. The highest BCUT2D eigenvalue weighted by Gasteiger charge is 1.99. The maximum Gasteiger partial charge on any atom is 0.191 e. The van der Waals surface area contributed by atoms with Crippen LogP contribution < -0.4 is 20.1 Å². The number of nitrogens with zero attached hydrogens (tertiary/aromatic N) is 1. The molecule has 0 aromatic heterocycles. The van der Waals surface area contributed by atoms with E-state index < -0.39 is 0 Å². The van der Waals surface area contributed by atoms with E-state index in [1.807, 2.05) is 38.1 Å². The standard InChI is InChI=1S/C17H29N3O3/c1-4-18-17(19-10-7-12-22-5-2)20-11-13-23-16-9-6-8-15(14-16)21-3/h6,8-9,14H,4-5,7,10-13H2,1-3H3,(H2,18,19,20). The summed E-state index contributed by atoms with van der Waals surface area (Å²) in [6.45, 7) is 8.34. The lowest BCUT2D eigenvalue weighted by Gasteiger charge is -2.12. The molecule has 0 amide bonds. The van der Waals surface area contributed by atoms with E-state index in [1.165, 1.54) is 0 Å². The van der Waals surface area contributed by atoms with Gasteiger partial charge in [-0.1, -0.05) is 6.07 Å². The maximum atomic E-state index is 5.69. The van der Waals surface area contributed by atoms with Gasteiger partial charge in [-0.2, -0.15) is 0 Å². The van der Waals surface area contributed by atoms with Crippen molar-refractivity contribution in [3.8, 4) is 11.5 Å². The zero-order valence-corrected chi connectivity index (χ0v) is 14.4. The first-order valence-electron chi connectivity index (χ1n) is 8.17. The van der Waals surface area contributed by atoms with Gasteiger partial charge in [-0.15, -0.1) is 0 Å². The molecule has 0 saturated heterocycles. The Labute approximate surface area is 139 Å². The lowest BCUT2D eigenvalue weighted by atomic mass is 10.3. The Morgan fingerprint density at radius 1 is 1.13 bits per heavy atom. The first kappa shape index (κ1) is 19.1. The molecule has 0 saturated carbocycles. The highest BCUT2D eigenvalue weighted by molar-refractivity contribution is 5.79. The molecule has 2 N–H and O–H groups in total. The average molecular weight is 323 g/mol. The van der Waals surface area contributed by atoms with Crippen molar-refractivity contribution in [1.82, 2.24) is 10.6 Å². The molecule has 0 heterocycles. The lowest BCUT2D eigenvalue weighted by molar-refractivity contribution is 0.146. The third-order valence-corrected chi connectivity index (χ3v) is 2.97. The minimum Gasteiger partial charge on any atom is -0.497 e. The van der Waals surface area contributed by atoms with Crippen LogP contribution >= 0.6 is 0 Å². The van der Waals surface area contributed by atoms with Crippen LogP contribution in [0.4, 0.5) is 0 Å². The Kier molecular flexibility index (Phi) is 10.4. The molecule has 6 nitrogen and oxygen atoms in total. The Bertz CT molecular complexity index is 452. The number of methoxy groups -OCH3 is 1. The second-order valence-corrected chi connectivity index (χ2v) is 4.77. The third-order valence-electron chi connectivity index (χ3n) is 2.97. The van der Waals surface area contributed by atoms with Crippen LogP contribution in [0, 0.1) is 0 Å². The normalized spacial score (nSPS) is 11.2. The van der Waals surface area contributed by atoms with E-state index in [1.54, 1.807) is 7.11 Å². The van der Waals surface area contributed by atoms with Gasteiger partial charge in [-0.3, -0.25) is 4.99 Å². The number of guanidine groups is 1. The van der Waals surface area contributed by atoms with Crippen molar-refractivity contribution < 1.29 is 14.2 Å². The van der Waals surface area contributed by atoms with Crippen molar-refractivity contribution in [1.29, 1.82) is 0 Å². The molecule has 1 aromatic carbocycles. The van der Waals surface area contributed by atoms with E-state index in [0.717, 1.165) is 50.2 Å². The number of nitrogens with one attached hydrogen (secondary N) is 2. The molecular formula is C17H29N3O3. The van der Waals surface area contributed by atoms with E-state index in [2.05, 4.69) is 15.6 Å². The molecule has 1 rings (SSSR count). The van der Waals surface area contributed by atoms with Crippen molar-refractivity contribution in [3.05, 3.63) is 24.3 Å². The monoisotopic (exact) mass is 323 g/mol. The molecular weight excluding hydrogens is 294 g/mol. The molecule has 0 aliphatic carbocycles. The molecule has 0 unspecified atom stereocenters. The first-order valence-corrected chi connectivity index (χ1v) is 8.17. The van der Waals surface area contributed by atoms with Crippen LogP contribution in [0.5, 0.6) is 11.5 Å². The topological polar surface area (TPSA) is 64.1 Å². The van der Waals surface area contributed by atoms with Gasteiger partial charge in [0.05, 0.1) is 13.7 Å². The quantitative estimate of drug-likeness (QED) is 0.371. The van der Waals surface area contributed by atoms with Gasteiger partial charge < -0.3 is 24.8 Å². The summed E-state index contributed by atoms with van der Waals surface area (Å²) in [5.41, 5.74) is 0. The van der Waals surface area contributed by atoms with Crippen LogP contribution in [-0.4, -0.2) is 52.5 Å². The second kappa shape index (κ2) is 12.6. The fourth-order valence-electron chi connectivity index (χ4n) is 1.87. The van der Waals surface area contributed by atoms with Crippen molar-refractivity contribution >= 4 is 5.96 Å². The molecule has 0 bridgehead atoms. The molecule has 0 aliphatic heterocycles. The molecule has 1 aromatic rings. The van der Waals surface area contributed by atoms with E-state index in [0.29, 0.717) is 13.2 Å². The Hall–Kier alpha value is -1.95. The van der Waals surface area contributed by atoms with Gasteiger partial charge in [-0.05, 0) is 32.4 Å². The van der Waals surface area contributed by atoms with Gasteiger partial charge >= 0.3 is 0 Å². The maximum absolute atomic E-state index is 5.69. The van der Waals surface area contributed by atoms with Crippen molar-refractivity contribution in [2.24, 2.45) is 4.99 Å². The van der Waals surface area contributed by atoms with Gasteiger partial charge in [0, 0.05) is 32.4 Å². The third kappa shape index (κ3) is 8.93. The Morgan fingerprint density at radius 3 is 2.70 bits per heavy atom. The van der Waals surface area contributed by atoms with Crippen LogP contribution in [0.1, 0.15) is 20.3 Å². The van der Waals surface area contributed by atoms with Gasteiger partial charge in [0.15, 0.2) is 5.96 Å². The molecule has 0 spiro atoms. The van der Waals surface area contributed by atoms with Crippen LogP contribution in [0.25, 0.3) is 0 Å². The fourth-order valence-corrected chi connectivity index (χ4v) is 1.87. The Balaban J connectivity index is 2.27. The summed E-state index contributed by atoms with van der Waals surface area (Å²) >= 11 is 0. The van der Waals surface area contributed by atoms with E-state index in [4.69, 9.17) is 14.2 Å². The summed E-state index contributed by atoms with van der Waals surface area (Å²) in [5, 5.41) is 6.47. The molecule has 0 aliphatic rings. The van der Waals surface area contributed by atoms with Crippen molar-refractivity contribution in [3.63, 3.8) is 0 Å². The van der Waals surface area contributed by atoms with Crippen LogP contribution in [-0.2, 0) is 4.74 Å².